The molecule has 0 unspecified atom stereocenters. The number of H-pyrrole nitrogens is 1. The minimum absolute atomic E-state index is 0.116. The molecule has 3 N–H and O–H groups in total. The number of nitrogens with one attached hydrogen (secondary N) is 3. The van der Waals surface area contributed by atoms with Crippen molar-refractivity contribution in [2.45, 2.75) is 31.3 Å². The summed E-state index contributed by atoms with van der Waals surface area (Å²) < 4.78 is 0. The van der Waals surface area contributed by atoms with Gasteiger partial charge in [-0.1, -0.05) is 30.3 Å². The van der Waals surface area contributed by atoms with Crippen molar-refractivity contribution in [2.24, 2.45) is 0 Å². The summed E-state index contributed by atoms with van der Waals surface area (Å²) in [6.07, 6.45) is 5.55. The van der Waals surface area contributed by atoms with E-state index >= 15 is 0 Å². The highest BCUT2D eigenvalue weighted by molar-refractivity contribution is 5.87. The smallest absolute Gasteiger partial charge is 0.318 e. The maximum atomic E-state index is 12.8. The number of imidazole rings is 1. The summed E-state index contributed by atoms with van der Waals surface area (Å²) in [6, 6.07) is 8.96. The molecule has 2 aromatic rings. The second-order valence-corrected chi connectivity index (χ2v) is 6.12. The van der Waals surface area contributed by atoms with Crippen molar-refractivity contribution >= 4 is 11.9 Å². The molecule has 0 bridgehead atoms. The molecular weight excluding hydrogens is 318 g/mol. The summed E-state index contributed by atoms with van der Waals surface area (Å²) in [4.78, 5) is 33.7. The van der Waals surface area contributed by atoms with Crippen molar-refractivity contribution < 1.29 is 9.59 Å². The quantitative estimate of drug-likeness (QED) is 0.772. The van der Waals surface area contributed by atoms with E-state index in [1.165, 1.54) is 0 Å². The van der Waals surface area contributed by atoms with Crippen molar-refractivity contribution in [1.82, 2.24) is 25.5 Å². The summed E-state index contributed by atoms with van der Waals surface area (Å²) in [7, 11) is 1.60. The van der Waals surface area contributed by atoms with Crippen LogP contribution in [0.2, 0.25) is 0 Å². The Labute approximate surface area is 146 Å². The van der Waals surface area contributed by atoms with E-state index in [1.807, 2.05) is 30.3 Å². The Morgan fingerprint density at radius 3 is 2.84 bits per heavy atom. The van der Waals surface area contributed by atoms with E-state index in [2.05, 4.69) is 20.6 Å². The number of carbonyl (C=O) groups excluding carboxylic acids is 2. The number of hydrogen-bond acceptors (Lipinski definition) is 3. The van der Waals surface area contributed by atoms with Crippen molar-refractivity contribution in [3.63, 3.8) is 0 Å². The predicted molar refractivity (Wildman–Crippen MR) is 93.8 cm³/mol. The van der Waals surface area contributed by atoms with Crippen LogP contribution in [0.4, 0.5) is 4.79 Å². The number of benzene rings is 1. The lowest BCUT2D eigenvalue weighted by Crippen LogP contribution is -2.49. The fourth-order valence-electron chi connectivity index (χ4n) is 3.22. The number of aromatic amines is 1. The van der Waals surface area contributed by atoms with E-state index < -0.39 is 6.04 Å². The van der Waals surface area contributed by atoms with E-state index in [0.717, 1.165) is 17.8 Å². The van der Waals surface area contributed by atoms with Crippen molar-refractivity contribution in [1.29, 1.82) is 0 Å². The van der Waals surface area contributed by atoms with Crippen molar-refractivity contribution in [3.8, 4) is 0 Å². The van der Waals surface area contributed by atoms with Crippen LogP contribution in [0.25, 0.3) is 0 Å². The van der Waals surface area contributed by atoms with Gasteiger partial charge in [0, 0.05) is 32.4 Å². The highest BCUT2D eigenvalue weighted by atomic mass is 16.2. The van der Waals surface area contributed by atoms with E-state index in [1.54, 1.807) is 24.3 Å². The normalized spacial score (nSPS) is 18.0. The molecule has 25 heavy (non-hydrogen) atoms. The molecule has 1 aromatic carbocycles. The third-order valence-electron chi connectivity index (χ3n) is 4.51. The fraction of sp³-hybridized carbons (Fsp3) is 0.389. The van der Waals surface area contributed by atoms with Crippen LogP contribution in [0, 0.1) is 0 Å². The van der Waals surface area contributed by atoms with Gasteiger partial charge in [-0.15, -0.1) is 0 Å². The lowest BCUT2D eigenvalue weighted by atomic mass is 10.0. The van der Waals surface area contributed by atoms with E-state index in [0.29, 0.717) is 19.4 Å². The molecule has 1 saturated heterocycles. The van der Waals surface area contributed by atoms with Crippen LogP contribution in [-0.2, 0) is 11.2 Å². The van der Waals surface area contributed by atoms with Gasteiger partial charge >= 0.3 is 6.03 Å². The molecule has 0 spiro atoms. The van der Waals surface area contributed by atoms with Crippen LogP contribution in [0.5, 0.6) is 0 Å². The van der Waals surface area contributed by atoms with Crippen LogP contribution in [0.1, 0.15) is 30.3 Å². The molecule has 2 atom stereocenters. The zero-order valence-electron chi connectivity index (χ0n) is 14.2. The Balaban J connectivity index is 1.75. The molecule has 0 saturated carbocycles. The monoisotopic (exact) mass is 341 g/mol. The van der Waals surface area contributed by atoms with Crippen molar-refractivity contribution in [2.75, 3.05) is 13.6 Å². The average Bonchev–Trinajstić information content (AvgIpc) is 3.33. The topological polar surface area (TPSA) is 90.1 Å². The highest BCUT2D eigenvalue weighted by Crippen LogP contribution is 2.21. The summed E-state index contributed by atoms with van der Waals surface area (Å²) in [5.41, 5.74) is 1.00. The third-order valence-corrected chi connectivity index (χ3v) is 4.51. The van der Waals surface area contributed by atoms with Crippen LogP contribution in [0.15, 0.2) is 42.7 Å². The third kappa shape index (κ3) is 3.99. The number of carbonyl (C=O) groups is 2. The first-order valence-corrected chi connectivity index (χ1v) is 8.51. The van der Waals surface area contributed by atoms with Gasteiger partial charge in [0.05, 0.1) is 6.04 Å². The molecule has 0 aliphatic carbocycles. The van der Waals surface area contributed by atoms with E-state index in [-0.39, 0.29) is 18.0 Å². The number of likely N-dealkylation sites (tertiary alicyclic amines) is 1. The lowest BCUT2D eigenvalue weighted by molar-refractivity contribution is -0.124. The average molecular weight is 341 g/mol. The Bertz CT molecular complexity index is 702. The molecular formula is C18H23N5O2. The van der Waals surface area contributed by atoms with Gasteiger partial charge in [-0.2, -0.15) is 0 Å². The van der Waals surface area contributed by atoms with Gasteiger partial charge in [0.2, 0.25) is 5.91 Å². The minimum Gasteiger partial charge on any atom is -0.357 e. The Hall–Kier alpha value is -2.83. The standard InChI is InChI=1S/C18H23N5O2/c1-19-17(24)15-8-5-11-23(15)18(25)22-14(12-16-20-9-10-21-16)13-6-3-2-4-7-13/h2-4,6-7,9-10,14-15H,5,8,11-12H2,1H3,(H,19,24)(H,20,21)(H,22,25)/t14-,15-/m1/s1. The second kappa shape index (κ2) is 7.83. The maximum absolute atomic E-state index is 12.8. The van der Waals surface area contributed by atoms with Crippen molar-refractivity contribution in [3.05, 3.63) is 54.1 Å². The Morgan fingerprint density at radius 2 is 2.16 bits per heavy atom. The molecule has 7 nitrogen and oxygen atoms in total. The number of amides is 3. The maximum Gasteiger partial charge on any atom is 0.318 e. The number of aromatic nitrogens is 2. The predicted octanol–water partition coefficient (Wildman–Crippen LogP) is 1.61. The molecule has 3 rings (SSSR count). The Kier molecular flexibility index (Phi) is 5.33. The molecule has 1 fully saturated rings. The number of urea groups is 1. The number of hydrogen-bond donors (Lipinski definition) is 3. The first-order chi connectivity index (χ1) is 12.2. The largest absolute Gasteiger partial charge is 0.357 e. The minimum atomic E-state index is -0.398. The molecule has 1 aliphatic rings. The van der Waals surface area contributed by atoms with Gasteiger partial charge in [0.1, 0.15) is 11.9 Å². The second-order valence-electron chi connectivity index (χ2n) is 6.12. The first-order valence-electron chi connectivity index (χ1n) is 8.51. The molecule has 2 heterocycles. The van der Waals surface area contributed by atoms with Gasteiger partial charge in [-0.25, -0.2) is 9.78 Å². The van der Waals surface area contributed by atoms with Gasteiger partial charge < -0.3 is 20.5 Å². The first kappa shape index (κ1) is 17.0. The SMILES string of the molecule is CNC(=O)[C@H]1CCCN1C(=O)N[C@H](Cc1ncc[nH]1)c1ccccc1. The number of nitrogens with zero attached hydrogens (tertiary/aromatic N) is 2. The lowest BCUT2D eigenvalue weighted by Gasteiger charge is -2.27. The van der Waals surface area contributed by atoms with Crippen LogP contribution < -0.4 is 10.6 Å². The molecule has 7 heteroatoms. The molecule has 132 valence electrons. The Morgan fingerprint density at radius 1 is 1.36 bits per heavy atom. The van der Waals surface area contributed by atoms with Gasteiger partial charge in [0.25, 0.3) is 0 Å². The zero-order valence-corrected chi connectivity index (χ0v) is 14.2. The van der Waals surface area contributed by atoms with E-state index in [9.17, 15) is 9.59 Å². The molecule has 1 aliphatic heterocycles. The fourth-order valence-corrected chi connectivity index (χ4v) is 3.22. The summed E-state index contributed by atoms with van der Waals surface area (Å²) in [5.74, 6) is 0.688. The summed E-state index contributed by atoms with van der Waals surface area (Å²) >= 11 is 0. The van der Waals surface area contributed by atoms with E-state index in [4.69, 9.17) is 0 Å². The summed E-state index contributed by atoms with van der Waals surface area (Å²) in [5, 5.41) is 5.71. The van der Waals surface area contributed by atoms with Crippen LogP contribution >= 0.6 is 0 Å². The molecule has 0 radical (unpaired) electrons. The van der Waals surface area contributed by atoms with Crippen LogP contribution in [0.3, 0.4) is 0 Å². The number of likely N-dealkylation sites (N-methyl/N-ethyl adjacent to an activating group) is 1. The van der Waals surface area contributed by atoms with Crippen LogP contribution in [-0.4, -0.2) is 46.4 Å². The highest BCUT2D eigenvalue weighted by Gasteiger charge is 2.34. The molecule has 3 amide bonds. The summed E-state index contributed by atoms with van der Waals surface area (Å²) in [6.45, 7) is 0.589. The zero-order chi connectivity index (χ0) is 17.6. The van der Waals surface area contributed by atoms with Gasteiger partial charge in [-0.3, -0.25) is 4.79 Å². The number of rotatable bonds is 5. The van der Waals surface area contributed by atoms with Gasteiger partial charge in [-0.05, 0) is 18.4 Å². The van der Waals surface area contributed by atoms with Gasteiger partial charge in [0.15, 0.2) is 0 Å². The molecule has 1 aromatic heterocycles.